The fourth-order valence-corrected chi connectivity index (χ4v) is 6.63. The molecule has 4 aliphatic rings. The van der Waals surface area contributed by atoms with E-state index in [1.807, 2.05) is 54.6 Å². The number of benzene rings is 2. The van der Waals surface area contributed by atoms with Crippen molar-refractivity contribution in [2.24, 2.45) is 23.2 Å². The van der Waals surface area contributed by atoms with Crippen LogP contribution in [0, 0.1) is 23.2 Å². The predicted octanol–water partition coefficient (Wildman–Crippen LogP) is 5.56. The molecule has 0 amide bonds. The number of hydrogen-bond acceptors (Lipinski definition) is 4. The molecule has 4 aliphatic carbocycles. The topological polar surface area (TPSA) is 52.6 Å². The molecule has 0 heterocycles. The first-order chi connectivity index (χ1) is 15.6. The molecule has 166 valence electrons. The van der Waals surface area contributed by atoms with Gasteiger partial charge in [0.25, 0.3) is 0 Å². The zero-order valence-corrected chi connectivity index (χ0v) is 18.6. The van der Waals surface area contributed by atoms with E-state index in [2.05, 4.69) is 0 Å². The van der Waals surface area contributed by atoms with Gasteiger partial charge in [0.2, 0.25) is 0 Å². The molecule has 0 aliphatic heterocycles. The number of esters is 1. The highest BCUT2D eigenvalue weighted by Gasteiger charge is 2.54. The highest BCUT2D eigenvalue weighted by atomic mass is 16.5. The Bertz CT molecular complexity index is 1000. The van der Waals surface area contributed by atoms with Crippen LogP contribution in [0.4, 0.5) is 0 Å². The summed E-state index contributed by atoms with van der Waals surface area (Å²) in [6.45, 7) is -0.138. The first kappa shape index (κ1) is 21.0. The first-order valence-electron chi connectivity index (χ1n) is 11.7. The van der Waals surface area contributed by atoms with Crippen molar-refractivity contribution >= 4 is 23.4 Å². The smallest absolute Gasteiger partial charge is 0.339 e. The molecule has 0 N–H and O–H groups in total. The van der Waals surface area contributed by atoms with Gasteiger partial charge in [-0.1, -0.05) is 48.5 Å². The van der Waals surface area contributed by atoms with Crippen molar-refractivity contribution in [2.75, 3.05) is 13.7 Å². The van der Waals surface area contributed by atoms with Crippen LogP contribution in [0.1, 0.15) is 49.7 Å². The Morgan fingerprint density at radius 3 is 2.12 bits per heavy atom. The molecule has 4 bridgehead atoms. The molecule has 6 rings (SSSR count). The standard InChI is InChI=1S/C28H30O4/c1-31-25-10-6-5-9-23(25)14-24(22-7-3-2-4-8-22)27(30)32-18-26(29)28-15-19-11-20(16-28)13-21(12-19)17-28/h2-10,14,19-21H,11-13,15-18H2,1H3. The van der Waals surface area contributed by atoms with Gasteiger partial charge >= 0.3 is 5.97 Å². The molecule has 0 radical (unpaired) electrons. The number of rotatable bonds is 7. The van der Waals surface area contributed by atoms with Crippen LogP contribution in [-0.4, -0.2) is 25.5 Å². The number of Topliss-reactive ketones (excluding diaryl/α,β-unsaturated/α-hetero) is 1. The number of carbonyl (C=O) groups excluding carboxylic acids is 2. The molecule has 32 heavy (non-hydrogen) atoms. The number of carbonyl (C=O) groups is 2. The fourth-order valence-electron chi connectivity index (χ4n) is 6.63. The molecule has 4 fully saturated rings. The SMILES string of the molecule is COc1ccccc1C=C(C(=O)OCC(=O)C12CC3CC(CC(C3)C1)C2)c1ccccc1. The largest absolute Gasteiger partial charge is 0.496 e. The number of para-hydroxylation sites is 1. The van der Waals surface area contributed by atoms with E-state index >= 15 is 0 Å². The molecule has 4 heteroatoms. The molecule has 4 nitrogen and oxygen atoms in total. The van der Waals surface area contributed by atoms with E-state index in [1.54, 1.807) is 13.2 Å². The summed E-state index contributed by atoms with van der Waals surface area (Å²) in [5, 5.41) is 0. The van der Waals surface area contributed by atoms with Crippen molar-refractivity contribution in [1.29, 1.82) is 0 Å². The zero-order chi connectivity index (χ0) is 22.1. The van der Waals surface area contributed by atoms with Crippen LogP contribution in [0.25, 0.3) is 11.6 Å². The highest BCUT2D eigenvalue weighted by molar-refractivity contribution is 6.22. The minimum absolute atomic E-state index is 0.120. The Kier molecular flexibility index (Phi) is 5.62. The minimum atomic E-state index is -0.472. The maximum absolute atomic E-state index is 13.3. The van der Waals surface area contributed by atoms with Crippen LogP contribution in [0.5, 0.6) is 5.75 Å². The zero-order valence-electron chi connectivity index (χ0n) is 18.6. The van der Waals surface area contributed by atoms with Crippen LogP contribution < -0.4 is 4.74 Å². The molecule has 0 unspecified atom stereocenters. The lowest BCUT2D eigenvalue weighted by Gasteiger charge is -2.55. The van der Waals surface area contributed by atoms with Gasteiger partial charge in [0, 0.05) is 11.0 Å². The molecule has 0 spiro atoms. The van der Waals surface area contributed by atoms with Crippen molar-refractivity contribution in [3.05, 3.63) is 65.7 Å². The monoisotopic (exact) mass is 430 g/mol. The second-order valence-electron chi connectivity index (χ2n) is 9.86. The van der Waals surface area contributed by atoms with Crippen molar-refractivity contribution < 1.29 is 19.1 Å². The Balaban J connectivity index is 1.36. The summed E-state index contributed by atoms with van der Waals surface area (Å²) in [6, 6.07) is 17.0. The first-order valence-corrected chi connectivity index (χ1v) is 11.7. The maximum Gasteiger partial charge on any atom is 0.339 e. The van der Waals surface area contributed by atoms with Crippen LogP contribution in [0.3, 0.4) is 0 Å². The quantitative estimate of drug-likeness (QED) is 0.328. The minimum Gasteiger partial charge on any atom is -0.496 e. The summed E-state index contributed by atoms with van der Waals surface area (Å²) in [6.07, 6.45) is 8.59. The lowest BCUT2D eigenvalue weighted by Crippen LogP contribution is -2.51. The molecule has 0 atom stereocenters. The highest BCUT2D eigenvalue weighted by Crippen LogP contribution is 2.60. The van der Waals surface area contributed by atoms with Crippen molar-refractivity contribution in [3.63, 3.8) is 0 Å². The van der Waals surface area contributed by atoms with E-state index in [4.69, 9.17) is 9.47 Å². The van der Waals surface area contributed by atoms with Gasteiger partial charge in [-0.15, -0.1) is 0 Å². The lowest BCUT2D eigenvalue weighted by molar-refractivity contribution is -0.154. The van der Waals surface area contributed by atoms with E-state index in [0.717, 1.165) is 30.4 Å². The molecule has 4 saturated carbocycles. The third-order valence-electron chi connectivity index (χ3n) is 7.71. The van der Waals surface area contributed by atoms with Crippen LogP contribution in [0.2, 0.25) is 0 Å². The summed E-state index contributed by atoms with van der Waals surface area (Å²) >= 11 is 0. The van der Waals surface area contributed by atoms with Gasteiger partial charge in [-0.2, -0.15) is 0 Å². The van der Waals surface area contributed by atoms with Gasteiger partial charge in [0.1, 0.15) is 5.75 Å². The number of ether oxygens (including phenoxy) is 2. The lowest BCUT2D eigenvalue weighted by atomic mass is 9.48. The Morgan fingerprint density at radius 1 is 0.906 bits per heavy atom. The summed E-state index contributed by atoms with van der Waals surface area (Å²) in [5.74, 6) is 2.39. The molecular formula is C28H30O4. The van der Waals surface area contributed by atoms with Gasteiger partial charge < -0.3 is 9.47 Å². The Hall–Kier alpha value is -2.88. The van der Waals surface area contributed by atoms with Gasteiger partial charge in [0.05, 0.1) is 12.7 Å². The second-order valence-corrected chi connectivity index (χ2v) is 9.86. The average molecular weight is 431 g/mol. The summed E-state index contributed by atoms with van der Waals surface area (Å²) in [5.41, 5.74) is 1.71. The summed E-state index contributed by atoms with van der Waals surface area (Å²) in [4.78, 5) is 26.5. The Labute approximate surface area is 189 Å². The predicted molar refractivity (Wildman–Crippen MR) is 124 cm³/mol. The summed E-state index contributed by atoms with van der Waals surface area (Å²) < 4.78 is 11.1. The normalized spacial score (nSPS) is 28.4. The van der Waals surface area contributed by atoms with Gasteiger partial charge in [0.15, 0.2) is 12.4 Å². The maximum atomic E-state index is 13.3. The van der Waals surface area contributed by atoms with E-state index < -0.39 is 5.97 Å². The fraction of sp³-hybridized carbons (Fsp3) is 0.429. The van der Waals surface area contributed by atoms with Gasteiger partial charge in [-0.05, 0) is 74.0 Å². The van der Waals surface area contributed by atoms with Crippen molar-refractivity contribution in [2.45, 2.75) is 38.5 Å². The average Bonchev–Trinajstić information content (AvgIpc) is 2.80. The van der Waals surface area contributed by atoms with Crippen LogP contribution in [-0.2, 0) is 14.3 Å². The third-order valence-corrected chi connectivity index (χ3v) is 7.71. The van der Waals surface area contributed by atoms with Crippen molar-refractivity contribution in [3.8, 4) is 5.75 Å². The van der Waals surface area contributed by atoms with Gasteiger partial charge in [-0.25, -0.2) is 4.79 Å². The molecule has 2 aromatic carbocycles. The molecular weight excluding hydrogens is 400 g/mol. The number of ketones is 1. The molecule has 0 aromatic heterocycles. The van der Waals surface area contributed by atoms with Crippen LogP contribution in [0.15, 0.2) is 54.6 Å². The molecule has 0 saturated heterocycles. The third kappa shape index (κ3) is 3.99. The number of hydrogen-bond donors (Lipinski definition) is 0. The van der Waals surface area contributed by atoms with E-state index in [-0.39, 0.29) is 17.8 Å². The Morgan fingerprint density at radius 2 is 1.50 bits per heavy atom. The van der Waals surface area contributed by atoms with E-state index in [0.29, 0.717) is 29.1 Å². The van der Waals surface area contributed by atoms with E-state index in [9.17, 15) is 9.59 Å². The summed E-state index contributed by atoms with van der Waals surface area (Å²) in [7, 11) is 1.61. The van der Waals surface area contributed by atoms with E-state index in [1.165, 1.54) is 19.3 Å². The van der Waals surface area contributed by atoms with Gasteiger partial charge in [-0.3, -0.25) is 4.79 Å². The van der Waals surface area contributed by atoms with Crippen molar-refractivity contribution in [1.82, 2.24) is 0 Å². The second kappa shape index (κ2) is 8.57. The number of methoxy groups -OCH3 is 1. The molecule has 2 aromatic rings. The van der Waals surface area contributed by atoms with Crippen LogP contribution >= 0.6 is 0 Å².